The summed E-state index contributed by atoms with van der Waals surface area (Å²) in [4.78, 5) is 27.9. The molecule has 2 N–H and O–H groups in total. The van der Waals surface area contributed by atoms with E-state index in [1.165, 1.54) is 0 Å². The van der Waals surface area contributed by atoms with Crippen LogP contribution in [0.4, 0.5) is 0 Å². The molecule has 2 saturated heterocycles. The molecule has 2 amide bonds. The second-order valence-electron chi connectivity index (χ2n) is 5.14. The van der Waals surface area contributed by atoms with Crippen LogP contribution >= 0.6 is 11.8 Å². The fourth-order valence-corrected chi connectivity index (χ4v) is 3.45. The molecule has 2 aliphatic rings. The number of carbonyl (C=O) groups is 2. The lowest BCUT2D eigenvalue weighted by molar-refractivity contribution is -0.135. The molecule has 20 heavy (non-hydrogen) atoms. The smallest absolute Gasteiger partial charge is 0.240 e. The predicted molar refractivity (Wildman–Crippen MR) is 80.8 cm³/mol. The van der Waals surface area contributed by atoms with Crippen molar-refractivity contribution in [1.82, 2.24) is 20.4 Å². The second-order valence-corrected chi connectivity index (χ2v) is 6.29. The Labute approximate surface area is 124 Å². The Morgan fingerprint density at radius 1 is 1.30 bits per heavy atom. The minimum atomic E-state index is -0.0244. The van der Waals surface area contributed by atoms with Crippen molar-refractivity contribution in [2.45, 2.75) is 13.0 Å². The van der Waals surface area contributed by atoms with Gasteiger partial charge >= 0.3 is 0 Å². The van der Waals surface area contributed by atoms with E-state index < -0.39 is 0 Å². The second kappa shape index (κ2) is 7.85. The fourth-order valence-electron chi connectivity index (χ4n) is 2.53. The molecule has 0 aromatic heterocycles. The topological polar surface area (TPSA) is 64.7 Å². The van der Waals surface area contributed by atoms with E-state index in [2.05, 4.69) is 15.5 Å². The number of amides is 2. The maximum absolute atomic E-state index is 12.3. The number of hydrogen-bond donors (Lipinski definition) is 2. The average Bonchev–Trinajstić information content (AvgIpc) is 2.48. The highest BCUT2D eigenvalue weighted by Gasteiger charge is 2.28. The van der Waals surface area contributed by atoms with E-state index >= 15 is 0 Å². The molecule has 1 unspecified atom stereocenters. The van der Waals surface area contributed by atoms with Crippen LogP contribution in [-0.2, 0) is 9.59 Å². The first kappa shape index (κ1) is 15.6. The molecule has 2 fully saturated rings. The lowest BCUT2D eigenvalue weighted by Crippen LogP contribution is -2.56. The zero-order chi connectivity index (χ0) is 14.4. The highest BCUT2D eigenvalue weighted by Crippen LogP contribution is 2.11. The van der Waals surface area contributed by atoms with Crippen molar-refractivity contribution in [3.05, 3.63) is 0 Å². The Kier molecular flexibility index (Phi) is 6.12. The minimum absolute atomic E-state index is 0.0244. The number of thioether (sulfide) groups is 1. The summed E-state index contributed by atoms with van der Waals surface area (Å²) >= 11 is 1.84. The highest BCUT2D eigenvalue weighted by atomic mass is 32.2. The van der Waals surface area contributed by atoms with Crippen LogP contribution in [-0.4, -0.2) is 85.0 Å². The predicted octanol–water partition coefficient (Wildman–Crippen LogP) is -1.03. The van der Waals surface area contributed by atoms with Crippen molar-refractivity contribution >= 4 is 23.6 Å². The van der Waals surface area contributed by atoms with E-state index in [4.69, 9.17) is 0 Å². The number of likely N-dealkylation sites (N-methyl/N-ethyl adjacent to an activating group) is 1. The maximum Gasteiger partial charge on any atom is 0.240 e. The van der Waals surface area contributed by atoms with Crippen LogP contribution < -0.4 is 10.6 Å². The molecule has 2 aliphatic heterocycles. The Hall–Kier alpha value is -0.790. The van der Waals surface area contributed by atoms with Crippen molar-refractivity contribution < 1.29 is 9.59 Å². The van der Waals surface area contributed by atoms with Crippen LogP contribution in [0, 0.1) is 0 Å². The Morgan fingerprint density at radius 2 is 2.05 bits per heavy atom. The molecule has 0 spiro atoms. The summed E-state index contributed by atoms with van der Waals surface area (Å²) in [7, 11) is 0. The third-order valence-corrected chi connectivity index (χ3v) is 4.71. The van der Waals surface area contributed by atoms with Gasteiger partial charge in [0.25, 0.3) is 0 Å². The molecule has 0 aromatic carbocycles. The van der Waals surface area contributed by atoms with Crippen molar-refractivity contribution in [3.8, 4) is 0 Å². The maximum atomic E-state index is 12.3. The average molecular weight is 300 g/mol. The van der Waals surface area contributed by atoms with Gasteiger partial charge in [0, 0.05) is 50.8 Å². The summed E-state index contributed by atoms with van der Waals surface area (Å²) in [6, 6.07) is -0.0244. The van der Waals surface area contributed by atoms with Crippen molar-refractivity contribution in [2.24, 2.45) is 0 Å². The zero-order valence-electron chi connectivity index (χ0n) is 12.1. The van der Waals surface area contributed by atoms with E-state index in [0.29, 0.717) is 13.1 Å². The van der Waals surface area contributed by atoms with Gasteiger partial charge in [-0.25, -0.2) is 0 Å². The Balaban J connectivity index is 1.73. The number of carbonyl (C=O) groups excluding carboxylic acids is 2. The van der Waals surface area contributed by atoms with Crippen molar-refractivity contribution in [1.29, 1.82) is 0 Å². The first-order chi connectivity index (χ1) is 9.70. The van der Waals surface area contributed by atoms with Gasteiger partial charge in [0.15, 0.2) is 0 Å². The molecule has 0 saturated carbocycles. The van der Waals surface area contributed by atoms with E-state index in [1.807, 2.05) is 23.6 Å². The van der Waals surface area contributed by atoms with Crippen LogP contribution in [0.3, 0.4) is 0 Å². The van der Waals surface area contributed by atoms with Gasteiger partial charge < -0.3 is 15.5 Å². The number of rotatable bonds is 4. The third kappa shape index (κ3) is 4.36. The van der Waals surface area contributed by atoms with Gasteiger partial charge in [0.1, 0.15) is 0 Å². The Bertz CT molecular complexity index is 339. The van der Waals surface area contributed by atoms with Crippen LogP contribution in [0.2, 0.25) is 0 Å². The highest BCUT2D eigenvalue weighted by molar-refractivity contribution is 7.99. The first-order valence-electron chi connectivity index (χ1n) is 7.29. The monoisotopic (exact) mass is 300 g/mol. The van der Waals surface area contributed by atoms with E-state index in [0.717, 1.165) is 44.2 Å². The molecule has 7 heteroatoms. The van der Waals surface area contributed by atoms with Crippen LogP contribution in [0.1, 0.15) is 6.92 Å². The van der Waals surface area contributed by atoms with Crippen LogP contribution in [0.5, 0.6) is 0 Å². The molecule has 0 radical (unpaired) electrons. The minimum Gasteiger partial charge on any atom is -0.355 e. The molecule has 6 nitrogen and oxygen atoms in total. The molecule has 2 rings (SSSR count). The van der Waals surface area contributed by atoms with Gasteiger partial charge in [0.2, 0.25) is 11.8 Å². The lowest BCUT2D eigenvalue weighted by atomic mass is 10.2. The van der Waals surface area contributed by atoms with E-state index in [-0.39, 0.29) is 17.9 Å². The van der Waals surface area contributed by atoms with Gasteiger partial charge in [-0.2, -0.15) is 11.8 Å². The molecular weight excluding hydrogens is 276 g/mol. The summed E-state index contributed by atoms with van der Waals surface area (Å²) in [6.07, 6.45) is 0. The first-order valence-corrected chi connectivity index (χ1v) is 8.45. The van der Waals surface area contributed by atoms with E-state index in [1.54, 1.807) is 0 Å². The summed E-state index contributed by atoms with van der Waals surface area (Å²) in [5.41, 5.74) is 0. The van der Waals surface area contributed by atoms with Crippen molar-refractivity contribution in [2.75, 3.05) is 57.3 Å². The summed E-state index contributed by atoms with van der Waals surface area (Å²) in [5, 5.41) is 6.09. The quantitative estimate of drug-likeness (QED) is 0.695. The normalized spacial score (nSPS) is 24.4. The van der Waals surface area contributed by atoms with Gasteiger partial charge in [-0.05, 0) is 6.92 Å². The number of nitrogens with one attached hydrogen (secondary N) is 2. The van der Waals surface area contributed by atoms with Crippen molar-refractivity contribution in [3.63, 3.8) is 0 Å². The number of nitrogens with zero attached hydrogens (tertiary/aromatic N) is 2. The van der Waals surface area contributed by atoms with Crippen LogP contribution in [0.15, 0.2) is 0 Å². The summed E-state index contributed by atoms with van der Waals surface area (Å²) in [6.45, 7) is 6.95. The van der Waals surface area contributed by atoms with Gasteiger partial charge in [-0.1, -0.05) is 0 Å². The lowest BCUT2D eigenvalue weighted by Gasteiger charge is -2.36. The molecule has 114 valence electrons. The molecular formula is C13H24N4O2S. The standard InChI is InChI=1S/C13H24N4O2S/c1-2-14-12(18)9-16-4-6-17(7-5-16)13(19)11-10-20-8-3-15-11/h11,15H,2-10H2,1H3,(H,14,18). The molecule has 0 aliphatic carbocycles. The summed E-state index contributed by atoms with van der Waals surface area (Å²) in [5.74, 6) is 2.25. The summed E-state index contributed by atoms with van der Waals surface area (Å²) < 4.78 is 0. The van der Waals surface area contributed by atoms with Gasteiger partial charge in [-0.15, -0.1) is 0 Å². The number of piperazine rings is 1. The fraction of sp³-hybridized carbons (Fsp3) is 0.846. The molecule has 0 aromatic rings. The molecule has 2 heterocycles. The Morgan fingerprint density at radius 3 is 2.65 bits per heavy atom. The zero-order valence-corrected chi connectivity index (χ0v) is 12.9. The van der Waals surface area contributed by atoms with Gasteiger partial charge in [0.05, 0.1) is 12.6 Å². The van der Waals surface area contributed by atoms with Gasteiger partial charge in [-0.3, -0.25) is 14.5 Å². The van der Waals surface area contributed by atoms with Crippen LogP contribution in [0.25, 0.3) is 0 Å². The molecule has 1 atom stereocenters. The number of hydrogen-bond acceptors (Lipinski definition) is 5. The molecule has 0 bridgehead atoms. The SMILES string of the molecule is CCNC(=O)CN1CCN(C(=O)C2CSCCN2)CC1. The largest absolute Gasteiger partial charge is 0.355 e. The third-order valence-electron chi connectivity index (χ3n) is 3.64. The van der Waals surface area contributed by atoms with E-state index in [9.17, 15) is 9.59 Å².